The van der Waals surface area contributed by atoms with Gasteiger partial charge in [0.25, 0.3) is 11.5 Å². The van der Waals surface area contributed by atoms with Crippen LogP contribution in [-0.2, 0) is 18.4 Å². The van der Waals surface area contributed by atoms with E-state index in [0.29, 0.717) is 12.1 Å². The highest BCUT2D eigenvalue weighted by Crippen LogP contribution is 2.28. The van der Waals surface area contributed by atoms with Crippen molar-refractivity contribution in [1.29, 1.82) is 0 Å². The molecule has 3 heterocycles. The number of aryl methyl sites for hydroxylation is 1. The highest BCUT2D eigenvalue weighted by atomic mass is 16.2. The summed E-state index contributed by atoms with van der Waals surface area (Å²) in [4.78, 5) is 40.2. The first-order valence-electron chi connectivity index (χ1n) is 7.77. The van der Waals surface area contributed by atoms with Crippen LogP contribution in [-0.4, -0.2) is 38.9 Å². The molecule has 6 nitrogen and oxygen atoms in total. The van der Waals surface area contributed by atoms with Gasteiger partial charge in [-0.1, -0.05) is 18.2 Å². The van der Waals surface area contributed by atoms with Gasteiger partial charge < -0.3 is 9.47 Å². The smallest absolute Gasteiger partial charge is 0.312 e. The number of fused-ring (bicyclic) bond motifs is 2. The molecule has 0 N–H and O–H groups in total. The van der Waals surface area contributed by atoms with E-state index in [4.69, 9.17) is 0 Å². The van der Waals surface area contributed by atoms with Crippen molar-refractivity contribution in [3.8, 4) is 0 Å². The lowest BCUT2D eigenvalue weighted by Gasteiger charge is -2.16. The fourth-order valence-electron chi connectivity index (χ4n) is 3.60. The summed E-state index contributed by atoms with van der Waals surface area (Å²) < 4.78 is 1.57. The summed E-state index contributed by atoms with van der Waals surface area (Å²) in [5.41, 5.74) is 1.13. The fourth-order valence-corrected chi connectivity index (χ4v) is 3.60. The third-order valence-corrected chi connectivity index (χ3v) is 4.82. The second-order valence-electron chi connectivity index (χ2n) is 6.15. The lowest BCUT2D eigenvalue weighted by Crippen LogP contribution is -2.35. The molecule has 2 aromatic rings. The van der Waals surface area contributed by atoms with Crippen LogP contribution in [0.3, 0.4) is 0 Å². The molecular weight excluding hydrogens is 294 g/mol. The Kier molecular flexibility index (Phi) is 3.01. The maximum atomic E-state index is 12.5. The Morgan fingerprint density at radius 3 is 2.74 bits per heavy atom. The molecule has 0 radical (unpaired) electrons. The highest BCUT2D eigenvalue weighted by molar-refractivity contribution is 6.04. The summed E-state index contributed by atoms with van der Waals surface area (Å²) in [5, 5.41) is 0.921. The zero-order chi connectivity index (χ0) is 16.1. The van der Waals surface area contributed by atoms with Crippen molar-refractivity contribution in [2.45, 2.75) is 25.4 Å². The Morgan fingerprint density at radius 1 is 1.17 bits per heavy atom. The third-order valence-electron chi connectivity index (χ3n) is 4.82. The van der Waals surface area contributed by atoms with Crippen LogP contribution in [0.4, 0.5) is 4.79 Å². The number of hydrogen-bond donors (Lipinski definition) is 0. The molecular formula is C17H17N3O3. The fraction of sp³-hybridized carbons (Fsp3) is 0.353. The number of rotatable bonds is 2. The Bertz CT molecular complexity index is 864. The first-order valence-corrected chi connectivity index (χ1v) is 7.77. The van der Waals surface area contributed by atoms with E-state index in [2.05, 4.69) is 0 Å². The van der Waals surface area contributed by atoms with Crippen LogP contribution >= 0.6 is 0 Å². The van der Waals surface area contributed by atoms with Gasteiger partial charge in [-0.25, -0.2) is 4.79 Å². The molecule has 0 saturated carbocycles. The largest absolute Gasteiger partial charge is 0.327 e. The molecule has 1 unspecified atom stereocenters. The van der Waals surface area contributed by atoms with Crippen LogP contribution in [0.1, 0.15) is 18.4 Å². The molecule has 3 amide bonds. The van der Waals surface area contributed by atoms with Crippen molar-refractivity contribution < 1.29 is 9.59 Å². The van der Waals surface area contributed by atoms with Crippen LogP contribution in [0.5, 0.6) is 0 Å². The molecule has 0 spiro atoms. The lowest BCUT2D eigenvalue weighted by atomic mass is 10.1. The number of benzene rings is 1. The van der Waals surface area contributed by atoms with Crippen molar-refractivity contribution in [2.75, 3.05) is 6.54 Å². The zero-order valence-electron chi connectivity index (χ0n) is 12.9. The summed E-state index contributed by atoms with van der Waals surface area (Å²) in [6.07, 6.45) is 1.59. The van der Waals surface area contributed by atoms with Gasteiger partial charge in [0.2, 0.25) is 0 Å². The standard InChI is InChI=1S/C17H17N3O3/c1-18-13-6-3-2-5-11(13)9-12(15(18)21)10-20-16(22)14-7-4-8-19(14)17(20)23/h2-3,5-6,9,14H,4,7-8,10H2,1H3. The number of hydrogen-bond acceptors (Lipinski definition) is 3. The van der Waals surface area contributed by atoms with Gasteiger partial charge in [-0.3, -0.25) is 14.5 Å². The van der Waals surface area contributed by atoms with Gasteiger partial charge in [-0.15, -0.1) is 0 Å². The third kappa shape index (κ3) is 1.98. The molecule has 2 aliphatic heterocycles. The van der Waals surface area contributed by atoms with Gasteiger partial charge in [-0.05, 0) is 30.4 Å². The summed E-state index contributed by atoms with van der Waals surface area (Å²) in [6.45, 7) is 0.670. The SMILES string of the molecule is Cn1c(=O)c(CN2C(=O)C3CCCN3C2=O)cc2ccccc21. The topological polar surface area (TPSA) is 62.6 Å². The molecule has 2 fully saturated rings. The van der Waals surface area contributed by atoms with Crippen molar-refractivity contribution in [3.05, 3.63) is 46.2 Å². The van der Waals surface area contributed by atoms with Crippen LogP contribution in [0, 0.1) is 0 Å². The number of urea groups is 1. The van der Waals surface area contributed by atoms with Gasteiger partial charge in [0.1, 0.15) is 6.04 Å². The van der Waals surface area contributed by atoms with Crippen LogP contribution in [0.2, 0.25) is 0 Å². The Balaban J connectivity index is 1.74. The van der Waals surface area contributed by atoms with E-state index < -0.39 is 0 Å². The zero-order valence-corrected chi connectivity index (χ0v) is 12.9. The highest BCUT2D eigenvalue weighted by Gasteiger charge is 2.47. The molecule has 1 aromatic heterocycles. The molecule has 4 rings (SSSR count). The maximum Gasteiger partial charge on any atom is 0.327 e. The van der Waals surface area contributed by atoms with Gasteiger partial charge in [0, 0.05) is 19.2 Å². The Hall–Kier alpha value is -2.63. The number of nitrogens with zero attached hydrogens (tertiary/aromatic N) is 3. The van der Waals surface area contributed by atoms with E-state index in [1.807, 2.05) is 24.3 Å². The summed E-state index contributed by atoms with van der Waals surface area (Å²) in [5.74, 6) is -0.178. The quantitative estimate of drug-likeness (QED) is 0.789. The van der Waals surface area contributed by atoms with Gasteiger partial charge in [0.15, 0.2) is 0 Å². The molecule has 1 aromatic carbocycles. The van der Waals surface area contributed by atoms with Crippen molar-refractivity contribution in [2.24, 2.45) is 7.05 Å². The normalized spacial score (nSPS) is 20.7. The number of aromatic nitrogens is 1. The van der Waals surface area contributed by atoms with Gasteiger partial charge >= 0.3 is 6.03 Å². The molecule has 23 heavy (non-hydrogen) atoms. The predicted molar refractivity (Wildman–Crippen MR) is 84.9 cm³/mol. The summed E-state index contributed by atoms with van der Waals surface area (Å²) >= 11 is 0. The second kappa shape index (κ2) is 4.94. The number of carbonyl (C=O) groups excluding carboxylic acids is 2. The van der Waals surface area contributed by atoms with Crippen LogP contribution in [0.15, 0.2) is 35.1 Å². The number of pyridine rings is 1. The molecule has 2 aliphatic rings. The maximum absolute atomic E-state index is 12.5. The van der Waals surface area contributed by atoms with Crippen LogP contribution in [0.25, 0.3) is 10.9 Å². The average molecular weight is 311 g/mol. The number of para-hydroxylation sites is 1. The molecule has 6 heteroatoms. The molecule has 1 atom stereocenters. The van der Waals surface area contributed by atoms with E-state index in [9.17, 15) is 14.4 Å². The molecule has 118 valence electrons. The van der Waals surface area contributed by atoms with Crippen molar-refractivity contribution in [3.63, 3.8) is 0 Å². The predicted octanol–water partition coefficient (Wildman–Crippen LogP) is 1.47. The van der Waals surface area contributed by atoms with Gasteiger partial charge in [-0.2, -0.15) is 0 Å². The molecule has 0 bridgehead atoms. The van der Waals surface area contributed by atoms with Crippen molar-refractivity contribution >= 4 is 22.8 Å². The molecule has 0 aliphatic carbocycles. The minimum atomic E-state index is -0.327. The van der Waals surface area contributed by atoms with E-state index in [1.54, 1.807) is 22.6 Å². The number of amides is 3. The first kappa shape index (κ1) is 14.0. The monoisotopic (exact) mass is 311 g/mol. The van der Waals surface area contributed by atoms with E-state index in [0.717, 1.165) is 23.7 Å². The Labute approximate surface area is 132 Å². The van der Waals surface area contributed by atoms with E-state index >= 15 is 0 Å². The summed E-state index contributed by atoms with van der Waals surface area (Å²) in [6, 6.07) is 8.76. The van der Waals surface area contributed by atoms with Crippen molar-refractivity contribution in [1.82, 2.24) is 14.4 Å². The minimum absolute atomic E-state index is 0.0438. The Morgan fingerprint density at radius 2 is 1.96 bits per heavy atom. The summed E-state index contributed by atoms with van der Waals surface area (Å²) in [7, 11) is 1.71. The number of carbonyl (C=O) groups is 2. The molecule has 2 saturated heterocycles. The average Bonchev–Trinajstić information content (AvgIpc) is 3.12. The van der Waals surface area contributed by atoms with Crippen LogP contribution < -0.4 is 5.56 Å². The second-order valence-corrected chi connectivity index (χ2v) is 6.15. The minimum Gasteiger partial charge on any atom is -0.312 e. The van der Waals surface area contributed by atoms with Gasteiger partial charge in [0.05, 0.1) is 12.1 Å². The lowest BCUT2D eigenvalue weighted by molar-refractivity contribution is -0.128. The van der Waals surface area contributed by atoms with E-state index in [-0.39, 0.29) is 30.1 Å². The van der Waals surface area contributed by atoms with E-state index in [1.165, 1.54) is 4.90 Å². The first-order chi connectivity index (χ1) is 11.1. The number of imide groups is 1.